The molecule has 0 saturated carbocycles. The Morgan fingerprint density at radius 3 is 2.23 bits per heavy atom. The monoisotopic (exact) mass is 209 g/mol. The first-order valence-corrected chi connectivity index (χ1v) is 6.42. The van der Waals surface area contributed by atoms with E-state index in [0.717, 1.165) is 25.7 Å². The molecule has 4 nitrogen and oxygen atoms in total. The molecule has 0 aromatic carbocycles. The van der Waals surface area contributed by atoms with E-state index in [0.29, 0.717) is 0 Å². The van der Waals surface area contributed by atoms with Gasteiger partial charge in [0.05, 0.1) is 0 Å². The van der Waals surface area contributed by atoms with E-state index in [-0.39, 0.29) is 5.92 Å². The molecule has 0 heterocycles. The van der Waals surface area contributed by atoms with Gasteiger partial charge in [0.15, 0.2) is 0 Å². The summed E-state index contributed by atoms with van der Waals surface area (Å²) in [6, 6.07) is 0. The molecule has 0 spiro atoms. The van der Waals surface area contributed by atoms with Crippen molar-refractivity contribution < 1.29 is 14.4 Å². The van der Waals surface area contributed by atoms with Gasteiger partial charge in [-0.25, -0.2) is 0 Å². The van der Waals surface area contributed by atoms with E-state index in [4.69, 9.17) is 15.5 Å². The van der Waals surface area contributed by atoms with Gasteiger partial charge < -0.3 is 15.5 Å². The summed E-state index contributed by atoms with van der Waals surface area (Å²) in [5, 5.41) is 0. The van der Waals surface area contributed by atoms with Crippen LogP contribution in [0.5, 0.6) is 0 Å². The van der Waals surface area contributed by atoms with Gasteiger partial charge in [0.25, 0.3) is 0 Å². The summed E-state index contributed by atoms with van der Waals surface area (Å²) >= 11 is 0. The Kier molecular flexibility index (Phi) is 5.81. The highest BCUT2D eigenvalue weighted by molar-refractivity contribution is 7.52. The van der Waals surface area contributed by atoms with Crippen molar-refractivity contribution in [2.45, 2.75) is 45.3 Å². The minimum Gasteiger partial charge on any atom is -0.323 e. The van der Waals surface area contributed by atoms with Crippen LogP contribution in [0.25, 0.3) is 0 Å². The number of unbranched alkanes of at least 4 members (excludes halogenated alkanes) is 1. The molecule has 0 aliphatic heterocycles. The van der Waals surface area contributed by atoms with E-state index in [1.54, 1.807) is 0 Å². The molecule has 0 aliphatic rings. The molecular formula is C8H20NO3P. The molecule has 0 radical (unpaired) electrons. The van der Waals surface area contributed by atoms with Crippen molar-refractivity contribution in [1.29, 1.82) is 0 Å². The van der Waals surface area contributed by atoms with Crippen LogP contribution in [0.1, 0.15) is 39.5 Å². The first-order valence-electron chi connectivity index (χ1n) is 4.74. The van der Waals surface area contributed by atoms with Crippen LogP contribution >= 0.6 is 7.60 Å². The Bertz CT molecular complexity index is 180. The molecule has 5 heteroatoms. The number of nitrogens with two attached hydrogens (primary N) is 1. The van der Waals surface area contributed by atoms with Gasteiger partial charge in [-0.05, 0) is 12.3 Å². The van der Waals surface area contributed by atoms with Crippen LogP contribution < -0.4 is 5.73 Å². The van der Waals surface area contributed by atoms with Crippen molar-refractivity contribution in [2.24, 2.45) is 11.7 Å². The number of hydrogen-bond donors (Lipinski definition) is 3. The van der Waals surface area contributed by atoms with Crippen LogP contribution in [0.2, 0.25) is 0 Å². The van der Waals surface area contributed by atoms with E-state index in [9.17, 15) is 4.57 Å². The normalized spacial score (nSPS) is 17.0. The second kappa shape index (κ2) is 5.76. The predicted octanol–water partition coefficient (Wildman–Crippen LogP) is 1.67. The summed E-state index contributed by atoms with van der Waals surface area (Å²) in [5.74, 6) is -1.04. The van der Waals surface area contributed by atoms with Crippen LogP contribution in [-0.4, -0.2) is 15.6 Å². The van der Waals surface area contributed by atoms with E-state index >= 15 is 0 Å². The van der Waals surface area contributed by atoms with E-state index in [2.05, 4.69) is 6.92 Å². The molecule has 2 atom stereocenters. The zero-order valence-electron chi connectivity index (χ0n) is 8.31. The van der Waals surface area contributed by atoms with Crippen LogP contribution in [-0.2, 0) is 4.57 Å². The fourth-order valence-corrected chi connectivity index (χ4v) is 2.27. The summed E-state index contributed by atoms with van der Waals surface area (Å²) in [7, 11) is -4.09. The molecule has 80 valence electrons. The van der Waals surface area contributed by atoms with Gasteiger partial charge in [-0.1, -0.05) is 33.1 Å². The first-order chi connectivity index (χ1) is 5.93. The molecule has 13 heavy (non-hydrogen) atoms. The average molecular weight is 209 g/mol. The molecule has 2 unspecified atom stereocenters. The summed E-state index contributed by atoms with van der Waals surface area (Å²) in [6.07, 6.45) is 3.54. The van der Waals surface area contributed by atoms with Crippen LogP contribution in [0.4, 0.5) is 0 Å². The fourth-order valence-electron chi connectivity index (χ4n) is 1.36. The van der Waals surface area contributed by atoms with Gasteiger partial charge in [0.1, 0.15) is 5.78 Å². The SMILES string of the molecule is CCCCC(CC)C(N)P(=O)(O)O. The molecule has 0 aromatic rings. The summed E-state index contributed by atoms with van der Waals surface area (Å²) in [6.45, 7) is 3.96. The summed E-state index contributed by atoms with van der Waals surface area (Å²) < 4.78 is 10.9. The van der Waals surface area contributed by atoms with Crippen LogP contribution in [0.15, 0.2) is 0 Å². The smallest absolute Gasteiger partial charge is 0.323 e. The van der Waals surface area contributed by atoms with Crippen molar-refractivity contribution >= 4 is 7.60 Å². The van der Waals surface area contributed by atoms with Crippen molar-refractivity contribution in [1.82, 2.24) is 0 Å². The van der Waals surface area contributed by atoms with Gasteiger partial charge >= 0.3 is 7.60 Å². The highest BCUT2D eigenvalue weighted by atomic mass is 31.2. The molecule has 0 aromatic heterocycles. The maximum Gasteiger partial charge on any atom is 0.342 e. The standard InChI is InChI=1S/C8H20NO3P/c1-3-5-6-7(4-2)8(9)13(10,11)12/h7-8H,3-6,9H2,1-2H3,(H2,10,11,12). The largest absolute Gasteiger partial charge is 0.342 e. The minimum atomic E-state index is -4.09. The maximum absolute atomic E-state index is 10.9. The lowest BCUT2D eigenvalue weighted by Crippen LogP contribution is -2.29. The molecule has 0 aliphatic carbocycles. The second-order valence-corrected chi connectivity index (χ2v) is 5.16. The molecule has 0 fully saturated rings. The fraction of sp³-hybridized carbons (Fsp3) is 1.00. The van der Waals surface area contributed by atoms with Gasteiger partial charge in [0.2, 0.25) is 0 Å². The molecule has 0 saturated heterocycles. The lowest BCUT2D eigenvalue weighted by molar-refractivity contribution is 0.320. The van der Waals surface area contributed by atoms with Crippen molar-refractivity contribution in [3.8, 4) is 0 Å². The predicted molar refractivity (Wildman–Crippen MR) is 53.3 cm³/mol. The molecule has 0 bridgehead atoms. The van der Waals surface area contributed by atoms with Crippen LogP contribution in [0, 0.1) is 5.92 Å². The molecular weight excluding hydrogens is 189 g/mol. The van der Waals surface area contributed by atoms with Gasteiger partial charge in [-0.15, -0.1) is 0 Å². The van der Waals surface area contributed by atoms with Gasteiger partial charge in [-0.2, -0.15) is 0 Å². The minimum absolute atomic E-state index is 0.0548. The molecule has 4 N–H and O–H groups in total. The first kappa shape index (κ1) is 13.1. The Hall–Kier alpha value is 0.110. The number of rotatable bonds is 6. The van der Waals surface area contributed by atoms with Gasteiger partial charge in [-0.3, -0.25) is 4.57 Å². The van der Waals surface area contributed by atoms with Crippen LogP contribution in [0.3, 0.4) is 0 Å². The zero-order valence-corrected chi connectivity index (χ0v) is 9.20. The highest BCUT2D eigenvalue weighted by Gasteiger charge is 2.30. The van der Waals surface area contributed by atoms with Crippen molar-refractivity contribution in [2.75, 3.05) is 0 Å². The topological polar surface area (TPSA) is 83.6 Å². The van der Waals surface area contributed by atoms with E-state index < -0.39 is 13.4 Å². The van der Waals surface area contributed by atoms with Crippen molar-refractivity contribution in [3.63, 3.8) is 0 Å². The third kappa shape index (κ3) is 4.77. The van der Waals surface area contributed by atoms with E-state index in [1.165, 1.54) is 0 Å². The quantitative estimate of drug-likeness (QED) is 0.581. The molecule has 0 rings (SSSR count). The van der Waals surface area contributed by atoms with Gasteiger partial charge in [0, 0.05) is 0 Å². The lowest BCUT2D eigenvalue weighted by atomic mass is 9.99. The maximum atomic E-state index is 10.9. The van der Waals surface area contributed by atoms with Crippen molar-refractivity contribution in [3.05, 3.63) is 0 Å². The Labute approximate surface area is 79.7 Å². The zero-order chi connectivity index (χ0) is 10.5. The third-order valence-corrected chi connectivity index (χ3v) is 3.52. The second-order valence-electron chi connectivity index (χ2n) is 3.39. The lowest BCUT2D eigenvalue weighted by Gasteiger charge is -2.22. The Balaban J connectivity index is 4.15. The third-order valence-electron chi connectivity index (χ3n) is 2.32. The molecule has 0 amide bonds. The van der Waals surface area contributed by atoms with E-state index in [1.807, 2.05) is 6.92 Å². The average Bonchev–Trinajstić information content (AvgIpc) is 2.04. The summed E-state index contributed by atoms with van der Waals surface area (Å²) in [4.78, 5) is 17.7. The Morgan fingerprint density at radius 1 is 1.38 bits per heavy atom. The number of hydrogen-bond acceptors (Lipinski definition) is 2. The highest BCUT2D eigenvalue weighted by Crippen LogP contribution is 2.43. The Morgan fingerprint density at radius 2 is 1.92 bits per heavy atom. The summed E-state index contributed by atoms with van der Waals surface area (Å²) in [5.41, 5.74) is 5.48.